The summed E-state index contributed by atoms with van der Waals surface area (Å²) < 4.78 is 2.76. The van der Waals surface area contributed by atoms with Gasteiger partial charge in [-0.25, -0.2) is 4.98 Å². The molecule has 94 valence electrons. The van der Waals surface area contributed by atoms with Crippen LogP contribution < -0.4 is 5.32 Å². The standard InChI is InChI=1S/C12H13BrN4O/c1-17-8-14-7-10(17)3-2-4-15-12(18)11-5-9(13)6-16-11/h2-3,5-8,16H,4H2,1H3,(H,15,18)/b3-2-. The van der Waals surface area contributed by atoms with E-state index >= 15 is 0 Å². The molecule has 0 fully saturated rings. The minimum Gasteiger partial charge on any atom is -0.356 e. The van der Waals surface area contributed by atoms with Crippen molar-refractivity contribution >= 4 is 27.9 Å². The minimum atomic E-state index is -0.129. The second-order valence-corrected chi connectivity index (χ2v) is 4.69. The molecule has 2 aromatic heterocycles. The van der Waals surface area contributed by atoms with Crippen LogP contribution in [0.2, 0.25) is 0 Å². The highest BCUT2D eigenvalue weighted by atomic mass is 79.9. The first kappa shape index (κ1) is 12.6. The molecule has 2 heterocycles. The van der Waals surface area contributed by atoms with Crippen LogP contribution in [-0.2, 0) is 7.05 Å². The van der Waals surface area contributed by atoms with E-state index in [2.05, 4.69) is 31.2 Å². The van der Waals surface area contributed by atoms with Gasteiger partial charge in [-0.15, -0.1) is 0 Å². The van der Waals surface area contributed by atoms with Crippen LogP contribution in [0.3, 0.4) is 0 Å². The van der Waals surface area contributed by atoms with E-state index in [-0.39, 0.29) is 5.91 Å². The van der Waals surface area contributed by atoms with Crippen LogP contribution in [0.4, 0.5) is 0 Å². The Kier molecular flexibility index (Phi) is 3.99. The van der Waals surface area contributed by atoms with Crippen LogP contribution in [-0.4, -0.2) is 27.0 Å². The highest BCUT2D eigenvalue weighted by Gasteiger charge is 2.05. The maximum absolute atomic E-state index is 11.7. The monoisotopic (exact) mass is 308 g/mol. The number of carbonyl (C=O) groups excluding carboxylic acids is 1. The Morgan fingerprint density at radius 1 is 1.67 bits per heavy atom. The molecule has 0 radical (unpaired) electrons. The number of halogens is 1. The highest BCUT2D eigenvalue weighted by molar-refractivity contribution is 9.10. The molecule has 0 atom stereocenters. The summed E-state index contributed by atoms with van der Waals surface area (Å²) in [7, 11) is 1.92. The lowest BCUT2D eigenvalue weighted by Gasteiger charge is -1.99. The molecule has 0 saturated heterocycles. The summed E-state index contributed by atoms with van der Waals surface area (Å²) in [4.78, 5) is 18.5. The normalized spacial score (nSPS) is 11.0. The van der Waals surface area contributed by atoms with E-state index in [1.807, 2.05) is 23.8 Å². The molecule has 0 aliphatic rings. The Hall–Kier alpha value is -1.82. The Morgan fingerprint density at radius 3 is 3.11 bits per heavy atom. The van der Waals surface area contributed by atoms with Crippen LogP contribution in [0.5, 0.6) is 0 Å². The molecule has 0 aromatic carbocycles. The van der Waals surface area contributed by atoms with Gasteiger partial charge in [0, 0.05) is 24.3 Å². The molecule has 2 rings (SSSR count). The van der Waals surface area contributed by atoms with Crippen molar-refractivity contribution in [3.63, 3.8) is 0 Å². The summed E-state index contributed by atoms with van der Waals surface area (Å²) >= 11 is 3.28. The first-order valence-electron chi connectivity index (χ1n) is 5.42. The van der Waals surface area contributed by atoms with Gasteiger partial charge in [-0.2, -0.15) is 0 Å². The Morgan fingerprint density at radius 2 is 2.50 bits per heavy atom. The molecule has 0 aliphatic carbocycles. The zero-order valence-electron chi connectivity index (χ0n) is 9.85. The number of carbonyl (C=O) groups is 1. The molecule has 0 aliphatic heterocycles. The Labute approximate surface area is 113 Å². The summed E-state index contributed by atoms with van der Waals surface area (Å²) in [6, 6.07) is 1.74. The average Bonchev–Trinajstić information content (AvgIpc) is 2.94. The number of rotatable bonds is 4. The molecule has 0 spiro atoms. The van der Waals surface area contributed by atoms with E-state index in [0.29, 0.717) is 12.2 Å². The van der Waals surface area contributed by atoms with Gasteiger partial charge in [0.1, 0.15) is 5.69 Å². The number of aromatic amines is 1. The third-order valence-corrected chi connectivity index (χ3v) is 2.87. The van der Waals surface area contributed by atoms with Crippen molar-refractivity contribution in [2.45, 2.75) is 0 Å². The molecule has 2 aromatic rings. The van der Waals surface area contributed by atoms with E-state index in [0.717, 1.165) is 10.2 Å². The largest absolute Gasteiger partial charge is 0.356 e. The molecule has 0 bridgehead atoms. The number of imidazole rings is 1. The zero-order valence-corrected chi connectivity index (χ0v) is 11.4. The van der Waals surface area contributed by atoms with Crippen LogP contribution >= 0.6 is 15.9 Å². The number of H-pyrrole nitrogens is 1. The maximum atomic E-state index is 11.7. The summed E-state index contributed by atoms with van der Waals surface area (Å²) in [5, 5.41) is 2.79. The summed E-state index contributed by atoms with van der Waals surface area (Å²) in [6.07, 6.45) is 9.01. The maximum Gasteiger partial charge on any atom is 0.267 e. The van der Waals surface area contributed by atoms with Gasteiger partial charge in [-0.3, -0.25) is 4.79 Å². The van der Waals surface area contributed by atoms with Gasteiger partial charge in [0.15, 0.2) is 0 Å². The topological polar surface area (TPSA) is 62.7 Å². The summed E-state index contributed by atoms with van der Waals surface area (Å²) in [6.45, 7) is 0.473. The predicted octanol–water partition coefficient (Wildman–Crippen LogP) is 1.95. The quantitative estimate of drug-likeness (QED) is 0.907. The number of hydrogen-bond acceptors (Lipinski definition) is 2. The average molecular weight is 309 g/mol. The Balaban J connectivity index is 1.84. The number of hydrogen-bond donors (Lipinski definition) is 2. The zero-order chi connectivity index (χ0) is 13.0. The number of amides is 1. The van der Waals surface area contributed by atoms with Gasteiger partial charge < -0.3 is 14.9 Å². The summed E-state index contributed by atoms with van der Waals surface area (Å²) in [5.41, 5.74) is 1.53. The third kappa shape index (κ3) is 3.10. The van der Waals surface area contributed by atoms with Gasteiger partial charge >= 0.3 is 0 Å². The smallest absolute Gasteiger partial charge is 0.267 e. The number of nitrogens with one attached hydrogen (secondary N) is 2. The van der Waals surface area contributed by atoms with Crippen molar-refractivity contribution in [1.29, 1.82) is 0 Å². The molecule has 0 saturated carbocycles. The first-order chi connectivity index (χ1) is 8.66. The van der Waals surface area contributed by atoms with Crippen molar-refractivity contribution in [2.75, 3.05) is 6.54 Å². The van der Waals surface area contributed by atoms with Gasteiger partial charge in [-0.05, 0) is 28.1 Å². The highest BCUT2D eigenvalue weighted by Crippen LogP contribution is 2.10. The molecular weight excluding hydrogens is 296 g/mol. The van der Waals surface area contributed by atoms with Crippen molar-refractivity contribution in [3.8, 4) is 0 Å². The van der Waals surface area contributed by atoms with Gasteiger partial charge in [0.25, 0.3) is 5.91 Å². The van der Waals surface area contributed by atoms with Gasteiger partial charge in [0.05, 0.1) is 18.2 Å². The SMILES string of the molecule is Cn1cncc1/C=C\CNC(=O)c1cc(Br)c[nH]1. The molecule has 18 heavy (non-hydrogen) atoms. The van der Waals surface area contributed by atoms with E-state index < -0.39 is 0 Å². The van der Waals surface area contributed by atoms with Crippen LogP contribution in [0.25, 0.3) is 6.08 Å². The molecule has 2 N–H and O–H groups in total. The van der Waals surface area contributed by atoms with Crippen molar-refractivity contribution in [2.24, 2.45) is 7.05 Å². The molecular formula is C12H13BrN4O. The van der Waals surface area contributed by atoms with E-state index in [4.69, 9.17) is 0 Å². The second kappa shape index (κ2) is 5.68. The lowest BCUT2D eigenvalue weighted by Crippen LogP contribution is -2.23. The number of aromatic nitrogens is 3. The fourth-order valence-electron chi connectivity index (χ4n) is 1.45. The Bertz CT molecular complexity index is 570. The van der Waals surface area contributed by atoms with Crippen LogP contribution in [0.15, 0.2) is 35.3 Å². The lowest BCUT2D eigenvalue weighted by atomic mass is 10.3. The lowest BCUT2D eigenvalue weighted by molar-refractivity contribution is 0.0953. The van der Waals surface area contributed by atoms with Crippen LogP contribution in [0.1, 0.15) is 16.2 Å². The van der Waals surface area contributed by atoms with Gasteiger partial charge in [-0.1, -0.05) is 6.08 Å². The van der Waals surface area contributed by atoms with Crippen molar-refractivity contribution in [1.82, 2.24) is 19.9 Å². The van der Waals surface area contributed by atoms with Gasteiger partial charge in [0.2, 0.25) is 0 Å². The predicted molar refractivity (Wildman–Crippen MR) is 73.1 cm³/mol. The molecule has 1 amide bonds. The fourth-order valence-corrected chi connectivity index (χ4v) is 1.80. The molecule has 6 heteroatoms. The van der Waals surface area contributed by atoms with E-state index in [1.165, 1.54) is 0 Å². The first-order valence-corrected chi connectivity index (χ1v) is 6.21. The second-order valence-electron chi connectivity index (χ2n) is 3.77. The number of aryl methyl sites for hydroxylation is 1. The van der Waals surface area contributed by atoms with E-state index in [9.17, 15) is 4.79 Å². The summed E-state index contributed by atoms with van der Waals surface area (Å²) in [5.74, 6) is -0.129. The minimum absolute atomic E-state index is 0.129. The molecule has 0 unspecified atom stereocenters. The number of nitrogens with zero attached hydrogens (tertiary/aromatic N) is 2. The van der Waals surface area contributed by atoms with Crippen LogP contribution in [0, 0.1) is 0 Å². The van der Waals surface area contributed by atoms with E-state index in [1.54, 1.807) is 24.8 Å². The third-order valence-electron chi connectivity index (χ3n) is 2.42. The fraction of sp³-hybridized carbons (Fsp3) is 0.167. The van der Waals surface area contributed by atoms with Crippen molar-refractivity contribution in [3.05, 3.63) is 46.7 Å². The van der Waals surface area contributed by atoms with Crippen molar-refractivity contribution < 1.29 is 4.79 Å². The molecule has 5 nitrogen and oxygen atoms in total.